The molecule has 0 aliphatic carbocycles. The SMILES string of the molecule is CCCCC/C=C\C/C=C\CCCCCCCC(=O)OC(COC(=O)CCCCCCC/C=C\CCCCC)COC(=O)CCCCCCCCCCCCCCCCCCCCCCCCCCCCCCCCC. The van der Waals surface area contributed by atoms with E-state index in [1.165, 1.54) is 244 Å². The van der Waals surface area contributed by atoms with Crippen LogP contribution in [0.5, 0.6) is 0 Å². The Bertz CT molecular complexity index is 1270. The van der Waals surface area contributed by atoms with Gasteiger partial charge in [0.05, 0.1) is 0 Å². The summed E-state index contributed by atoms with van der Waals surface area (Å²) in [5.74, 6) is -0.879. The molecule has 1 atom stereocenters. The number of carbonyl (C=O) groups excluding carboxylic acids is 3. The zero-order chi connectivity index (χ0) is 55.0. The average Bonchev–Trinajstić information content (AvgIpc) is 3.42. The highest BCUT2D eigenvalue weighted by Crippen LogP contribution is 2.18. The van der Waals surface area contributed by atoms with Crippen LogP contribution in [-0.2, 0) is 28.6 Å². The maximum absolute atomic E-state index is 12.9. The molecule has 0 spiro atoms. The second-order valence-corrected chi connectivity index (χ2v) is 23.1. The van der Waals surface area contributed by atoms with Gasteiger partial charge in [-0.2, -0.15) is 0 Å². The Hall–Kier alpha value is -2.37. The predicted octanol–water partition coefficient (Wildman–Crippen LogP) is 23.2. The minimum absolute atomic E-state index is 0.0767. The Morgan fingerprint density at radius 3 is 0.763 bits per heavy atom. The minimum Gasteiger partial charge on any atom is -0.462 e. The lowest BCUT2D eigenvalue weighted by Crippen LogP contribution is -2.30. The summed E-state index contributed by atoms with van der Waals surface area (Å²) >= 11 is 0. The van der Waals surface area contributed by atoms with Crippen LogP contribution in [0.2, 0.25) is 0 Å². The van der Waals surface area contributed by atoms with Gasteiger partial charge in [0.15, 0.2) is 6.10 Å². The van der Waals surface area contributed by atoms with Crippen LogP contribution in [0.15, 0.2) is 36.5 Å². The van der Waals surface area contributed by atoms with Crippen molar-refractivity contribution >= 4 is 17.9 Å². The molecular weight excluding hydrogens is 937 g/mol. The van der Waals surface area contributed by atoms with Gasteiger partial charge >= 0.3 is 17.9 Å². The fourth-order valence-electron chi connectivity index (χ4n) is 10.2. The molecule has 0 N–H and O–H groups in total. The largest absolute Gasteiger partial charge is 0.462 e. The van der Waals surface area contributed by atoms with E-state index in [0.717, 1.165) is 89.9 Å². The summed E-state index contributed by atoms with van der Waals surface area (Å²) in [6.45, 7) is 6.63. The van der Waals surface area contributed by atoms with Crippen molar-refractivity contribution in [2.24, 2.45) is 0 Å². The van der Waals surface area contributed by atoms with Crippen molar-refractivity contribution in [2.75, 3.05) is 13.2 Å². The maximum atomic E-state index is 12.9. The zero-order valence-corrected chi connectivity index (χ0v) is 51.3. The standard InChI is InChI=1S/C70H130O6/c1-4-7-10-13-16-19-22-25-27-28-29-30-31-32-33-34-35-36-37-38-39-40-41-42-44-45-48-51-54-57-60-63-69(72)75-66-67(65-74-68(71)62-59-56-53-50-47-24-21-18-15-12-9-6-3)76-70(73)64-61-58-55-52-49-46-43-26-23-20-17-14-11-8-5-2/h17-18,20-21,26,43,67H,4-16,19,22-25,27-42,44-66H2,1-3H3/b20-17-,21-18-,43-26-. The van der Waals surface area contributed by atoms with Crippen LogP contribution in [0.25, 0.3) is 0 Å². The molecule has 0 aliphatic rings. The topological polar surface area (TPSA) is 78.9 Å². The molecule has 1 unspecified atom stereocenters. The van der Waals surface area contributed by atoms with Crippen molar-refractivity contribution in [2.45, 2.75) is 380 Å². The summed E-state index contributed by atoms with van der Waals surface area (Å²) < 4.78 is 16.9. The van der Waals surface area contributed by atoms with Gasteiger partial charge in [0.1, 0.15) is 13.2 Å². The molecule has 0 rings (SSSR count). The van der Waals surface area contributed by atoms with Gasteiger partial charge in [0.2, 0.25) is 0 Å². The summed E-state index contributed by atoms with van der Waals surface area (Å²) in [7, 11) is 0. The second-order valence-electron chi connectivity index (χ2n) is 23.1. The highest BCUT2D eigenvalue weighted by Gasteiger charge is 2.19. The molecule has 0 amide bonds. The number of hydrogen-bond acceptors (Lipinski definition) is 6. The Balaban J connectivity index is 4.10. The molecule has 0 aromatic carbocycles. The van der Waals surface area contributed by atoms with Crippen LogP contribution >= 0.6 is 0 Å². The molecule has 0 radical (unpaired) electrons. The van der Waals surface area contributed by atoms with Crippen molar-refractivity contribution in [3.05, 3.63) is 36.5 Å². The quantitative estimate of drug-likeness (QED) is 0.0261. The number of esters is 3. The summed E-state index contributed by atoms with van der Waals surface area (Å²) in [5, 5.41) is 0. The number of hydrogen-bond donors (Lipinski definition) is 0. The van der Waals surface area contributed by atoms with E-state index in [9.17, 15) is 14.4 Å². The number of rotatable bonds is 63. The smallest absolute Gasteiger partial charge is 0.306 e. The molecule has 0 aliphatic heterocycles. The van der Waals surface area contributed by atoms with Gasteiger partial charge in [-0.25, -0.2) is 0 Å². The lowest BCUT2D eigenvalue weighted by molar-refractivity contribution is -0.167. The molecule has 446 valence electrons. The van der Waals surface area contributed by atoms with Crippen LogP contribution in [0.1, 0.15) is 374 Å². The number of allylic oxidation sites excluding steroid dienone is 6. The molecular formula is C70H130O6. The maximum Gasteiger partial charge on any atom is 0.306 e. The first kappa shape index (κ1) is 73.6. The number of ether oxygens (including phenoxy) is 3. The Labute approximate surface area is 474 Å². The first-order valence-electron chi connectivity index (χ1n) is 34.0. The summed E-state index contributed by atoms with van der Waals surface area (Å²) in [6.07, 6.45) is 80.4. The predicted molar refractivity (Wildman–Crippen MR) is 330 cm³/mol. The van der Waals surface area contributed by atoms with Gasteiger partial charge in [-0.3, -0.25) is 14.4 Å². The van der Waals surface area contributed by atoms with Gasteiger partial charge in [-0.1, -0.05) is 314 Å². The molecule has 0 saturated heterocycles. The minimum atomic E-state index is -0.781. The Morgan fingerprint density at radius 1 is 0.263 bits per heavy atom. The van der Waals surface area contributed by atoms with Gasteiger partial charge in [-0.15, -0.1) is 0 Å². The van der Waals surface area contributed by atoms with E-state index in [1.54, 1.807) is 0 Å². The van der Waals surface area contributed by atoms with Gasteiger partial charge in [-0.05, 0) is 77.0 Å². The van der Waals surface area contributed by atoms with Gasteiger partial charge in [0, 0.05) is 19.3 Å². The summed E-state index contributed by atoms with van der Waals surface area (Å²) in [4.78, 5) is 38.2. The van der Waals surface area contributed by atoms with Crippen LogP contribution in [0.3, 0.4) is 0 Å². The molecule has 76 heavy (non-hydrogen) atoms. The van der Waals surface area contributed by atoms with E-state index < -0.39 is 6.10 Å². The fraction of sp³-hybridized carbons (Fsp3) is 0.871. The van der Waals surface area contributed by atoms with Crippen molar-refractivity contribution in [1.82, 2.24) is 0 Å². The van der Waals surface area contributed by atoms with Gasteiger partial charge < -0.3 is 14.2 Å². The molecule has 0 bridgehead atoms. The molecule has 0 saturated carbocycles. The van der Waals surface area contributed by atoms with E-state index in [4.69, 9.17) is 14.2 Å². The monoisotopic (exact) mass is 1070 g/mol. The molecule has 6 nitrogen and oxygen atoms in total. The summed E-state index contributed by atoms with van der Waals surface area (Å²) in [6, 6.07) is 0. The second kappa shape index (κ2) is 65.2. The summed E-state index contributed by atoms with van der Waals surface area (Å²) in [5.41, 5.74) is 0. The average molecular weight is 1070 g/mol. The van der Waals surface area contributed by atoms with Crippen LogP contribution in [-0.4, -0.2) is 37.2 Å². The first-order chi connectivity index (χ1) is 37.5. The molecule has 0 fully saturated rings. The lowest BCUT2D eigenvalue weighted by atomic mass is 10.0. The lowest BCUT2D eigenvalue weighted by Gasteiger charge is -2.18. The highest BCUT2D eigenvalue weighted by molar-refractivity contribution is 5.71. The number of carbonyl (C=O) groups is 3. The zero-order valence-electron chi connectivity index (χ0n) is 51.3. The molecule has 0 aromatic rings. The van der Waals surface area contributed by atoms with E-state index in [-0.39, 0.29) is 31.1 Å². The Morgan fingerprint density at radius 2 is 0.474 bits per heavy atom. The fourth-order valence-corrected chi connectivity index (χ4v) is 10.2. The van der Waals surface area contributed by atoms with Crippen molar-refractivity contribution in [3.63, 3.8) is 0 Å². The third-order valence-corrected chi connectivity index (χ3v) is 15.4. The van der Waals surface area contributed by atoms with E-state index in [0.29, 0.717) is 19.3 Å². The van der Waals surface area contributed by atoms with E-state index >= 15 is 0 Å². The van der Waals surface area contributed by atoms with Crippen molar-refractivity contribution < 1.29 is 28.6 Å². The van der Waals surface area contributed by atoms with E-state index in [2.05, 4.69) is 57.2 Å². The third kappa shape index (κ3) is 62.5. The first-order valence-corrected chi connectivity index (χ1v) is 34.0. The number of unbranched alkanes of at least 4 members (excludes halogenated alkanes) is 46. The van der Waals surface area contributed by atoms with Gasteiger partial charge in [0.25, 0.3) is 0 Å². The molecule has 0 aromatic heterocycles. The van der Waals surface area contributed by atoms with E-state index in [1.807, 2.05) is 0 Å². The Kier molecular flexibility index (Phi) is 63.1. The van der Waals surface area contributed by atoms with Crippen LogP contribution in [0.4, 0.5) is 0 Å². The third-order valence-electron chi connectivity index (χ3n) is 15.4. The van der Waals surface area contributed by atoms with Crippen molar-refractivity contribution in [3.8, 4) is 0 Å². The van der Waals surface area contributed by atoms with Crippen LogP contribution in [0, 0.1) is 0 Å². The molecule has 0 heterocycles. The molecule has 6 heteroatoms. The van der Waals surface area contributed by atoms with Crippen molar-refractivity contribution in [1.29, 1.82) is 0 Å². The normalized spacial score (nSPS) is 12.2. The van der Waals surface area contributed by atoms with Crippen LogP contribution < -0.4 is 0 Å². The highest BCUT2D eigenvalue weighted by atomic mass is 16.6.